The molecule has 3 nitrogen and oxygen atoms in total. The highest BCUT2D eigenvalue weighted by Gasteiger charge is 2.27. The molecule has 0 radical (unpaired) electrons. The lowest BCUT2D eigenvalue weighted by Crippen LogP contribution is -2.35. The fourth-order valence-electron chi connectivity index (χ4n) is 2.83. The van der Waals surface area contributed by atoms with Crippen LogP contribution in [0.5, 0.6) is 0 Å². The summed E-state index contributed by atoms with van der Waals surface area (Å²) >= 11 is 0. The summed E-state index contributed by atoms with van der Waals surface area (Å²) in [4.78, 5) is 0. The maximum Gasteiger partial charge on any atom is 0.0865 e. The van der Waals surface area contributed by atoms with Gasteiger partial charge in [-0.1, -0.05) is 38.1 Å². The lowest BCUT2D eigenvalue weighted by Gasteiger charge is -2.33. The molecule has 0 saturated carbocycles. The zero-order chi connectivity index (χ0) is 14.4. The second-order valence-corrected chi connectivity index (χ2v) is 5.93. The Bertz CT molecular complexity index is 406. The van der Waals surface area contributed by atoms with Gasteiger partial charge >= 0.3 is 0 Å². The predicted molar refractivity (Wildman–Crippen MR) is 81.7 cm³/mol. The highest BCUT2D eigenvalue weighted by Crippen LogP contribution is 2.33. The highest BCUT2D eigenvalue weighted by molar-refractivity contribution is 5.25. The molecule has 0 aromatic heterocycles. The van der Waals surface area contributed by atoms with Crippen molar-refractivity contribution in [1.29, 1.82) is 0 Å². The Morgan fingerprint density at radius 2 is 2.25 bits per heavy atom. The lowest BCUT2D eigenvalue weighted by atomic mass is 9.88. The molecular weight excluding hydrogens is 250 g/mol. The van der Waals surface area contributed by atoms with Gasteiger partial charge in [0.15, 0.2) is 0 Å². The molecule has 112 valence electrons. The Kier molecular flexibility index (Phi) is 6.02. The third kappa shape index (κ3) is 4.30. The van der Waals surface area contributed by atoms with Gasteiger partial charge in [-0.25, -0.2) is 0 Å². The summed E-state index contributed by atoms with van der Waals surface area (Å²) in [7, 11) is 1.74. The molecule has 2 unspecified atom stereocenters. The molecule has 1 heterocycles. The fourth-order valence-corrected chi connectivity index (χ4v) is 2.83. The molecule has 0 aliphatic carbocycles. The molecule has 1 aromatic carbocycles. The highest BCUT2D eigenvalue weighted by atomic mass is 16.5. The minimum absolute atomic E-state index is 0.215. The van der Waals surface area contributed by atoms with Crippen LogP contribution in [0.4, 0.5) is 0 Å². The van der Waals surface area contributed by atoms with Gasteiger partial charge in [0.2, 0.25) is 0 Å². The van der Waals surface area contributed by atoms with Crippen molar-refractivity contribution in [1.82, 2.24) is 5.32 Å². The average molecular weight is 277 g/mol. The Morgan fingerprint density at radius 3 is 3.00 bits per heavy atom. The summed E-state index contributed by atoms with van der Waals surface area (Å²) in [5.74, 6) is 0.559. The normalized spacial score (nSPS) is 23.2. The third-order valence-corrected chi connectivity index (χ3v) is 3.82. The number of methoxy groups -OCH3 is 1. The van der Waals surface area contributed by atoms with Crippen LogP contribution in [-0.4, -0.2) is 26.3 Å². The summed E-state index contributed by atoms with van der Waals surface area (Å²) in [5.41, 5.74) is 2.50. The van der Waals surface area contributed by atoms with Gasteiger partial charge in [-0.2, -0.15) is 0 Å². The van der Waals surface area contributed by atoms with Crippen LogP contribution >= 0.6 is 0 Å². The summed E-state index contributed by atoms with van der Waals surface area (Å²) in [6, 6.07) is 9.14. The van der Waals surface area contributed by atoms with E-state index in [1.807, 2.05) is 0 Å². The molecule has 1 N–H and O–H groups in total. The fraction of sp³-hybridized carbons (Fsp3) is 0.647. The van der Waals surface area contributed by atoms with Gasteiger partial charge in [0.1, 0.15) is 0 Å². The van der Waals surface area contributed by atoms with E-state index in [-0.39, 0.29) is 6.10 Å². The van der Waals surface area contributed by atoms with Gasteiger partial charge in [-0.3, -0.25) is 0 Å². The molecule has 0 amide bonds. The van der Waals surface area contributed by atoms with Gasteiger partial charge in [0.05, 0.1) is 12.7 Å². The number of hydrogen-bond donors (Lipinski definition) is 1. The van der Waals surface area contributed by atoms with Crippen molar-refractivity contribution in [2.75, 3.05) is 20.3 Å². The van der Waals surface area contributed by atoms with E-state index in [1.165, 1.54) is 24.0 Å². The summed E-state index contributed by atoms with van der Waals surface area (Å²) in [6.45, 7) is 6.94. The summed E-state index contributed by atoms with van der Waals surface area (Å²) in [6.07, 6.45) is 2.62. The quantitative estimate of drug-likeness (QED) is 0.865. The van der Waals surface area contributed by atoms with E-state index in [2.05, 4.69) is 43.4 Å². The van der Waals surface area contributed by atoms with Crippen LogP contribution in [0.1, 0.15) is 43.9 Å². The van der Waals surface area contributed by atoms with Crippen molar-refractivity contribution in [2.45, 2.75) is 45.4 Å². The average Bonchev–Trinajstić information content (AvgIpc) is 2.46. The van der Waals surface area contributed by atoms with Crippen LogP contribution in [0.25, 0.3) is 0 Å². The Morgan fingerprint density at radius 1 is 1.40 bits per heavy atom. The van der Waals surface area contributed by atoms with Crippen LogP contribution in [-0.2, 0) is 16.1 Å². The Hall–Kier alpha value is -0.900. The number of rotatable bonds is 6. The molecule has 1 aliphatic heterocycles. The first-order chi connectivity index (χ1) is 9.70. The molecule has 2 rings (SSSR count). The lowest BCUT2D eigenvalue weighted by molar-refractivity contribution is -0.0283. The number of ether oxygens (including phenoxy) is 2. The largest absolute Gasteiger partial charge is 0.380 e. The standard InChI is InChI=1S/C17H27NO2/c1-13(2)18-11-16-8-5-9-20-17(16)15-7-4-6-14(10-15)12-19-3/h4,6-7,10,13,16-18H,5,8-9,11-12H2,1-3H3. The van der Waals surface area contributed by atoms with E-state index in [9.17, 15) is 0 Å². The van der Waals surface area contributed by atoms with Crippen LogP contribution in [0.2, 0.25) is 0 Å². The molecule has 2 atom stereocenters. The van der Waals surface area contributed by atoms with Gasteiger partial charge in [-0.15, -0.1) is 0 Å². The van der Waals surface area contributed by atoms with Gasteiger partial charge in [0.25, 0.3) is 0 Å². The van der Waals surface area contributed by atoms with E-state index in [1.54, 1.807) is 7.11 Å². The molecule has 1 aromatic rings. The van der Waals surface area contributed by atoms with Crippen molar-refractivity contribution in [2.24, 2.45) is 5.92 Å². The number of benzene rings is 1. The zero-order valence-electron chi connectivity index (χ0n) is 12.9. The predicted octanol–water partition coefficient (Wildman–Crippen LogP) is 3.30. The van der Waals surface area contributed by atoms with Gasteiger partial charge in [0, 0.05) is 32.2 Å². The first-order valence-electron chi connectivity index (χ1n) is 7.63. The van der Waals surface area contributed by atoms with E-state index in [4.69, 9.17) is 9.47 Å². The minimum Gasteiger partial charge on any atom is -0.380 e. The van der Waals surface area contributed by atoms with Crippen LogP contribution in [0.3, 0.4) is 0 Å². The molecular formula is C17H27NO2. The molecule has 1 saturated heterocycles. The van der Waals surface area contributed by atoms with E-state index < -0.39 is 0 Å². The first kappa shape index (κ1) is 15.5. The van der Waals surface area contributed by atoms with Crippen molar-refractivity contribution in [3.63, 3.8) is 0 Å². The Balaban J connectivity index is 2.08. The van der Waals surface area contributed by atoms with Crippen LogP contribution in [0, 0.1) is 5.92 Å². The van der Waals surface area contributed by atoms with Gasteiger partial charge < -0.3 is 14.8 Å². The molecule has 1 aliphatic rings. The van der Waals surface area contributed by atoms with E-state index >= 15 is 0 Å². The molecule has 20 heavy (non-hydrogen) atoms. The summed E-state index contributed by atoms with van der Waals surface area (Å²) in [5, 5.41) is 3.55. The van der Waals surface area contributed by atoms with Crippen molar-refractivity contribution in [3.8, 4) is 0 Å². The third-order valence-electron chi connectivity index (χ3n) is 3.82. The maximum atomic E-state index is 6.06. The van der Waals surface area contributed by atoms with Gasteiger partial charge in [-0.05, 0) is 24.0 Å². The monoisotopic (exact) mass is 277 g/mol. The topological polar surface area (TPSA) is 30.5 Å². The van der Waals surface area contributed by atoms with Crippen molar-refractivity contribution >= 4 is 0 Å². The number of nitrogens with one attached hydrogen (secondary N) is 1. The molecule has 0 spiro atoms. The van der Waals surface area contributed by atoms with E-state index in [0.717, 1.165) is 13.2 Å². The van der Waals surface area contributed by atoms with Crippen molar-refractivity contribution < 1.29 is 9.47 Å². The summed E-state index contributed by atoms with van der Waals surface area (Å²) < 4.78 is 11.3. The second-order valence-electron chi connectivity index (χ2n) is 5.93. The first-order valence-corrected chi connectivity index (χ1v) is 7.63. The minimum atomic E-state index is 0.215. The SMILES string of the molecule is COCc1cccc(C2OCCCC2CNC(C)C)c1. The maximum absolute atomic E-state index is 6.06. The molecule has 3 heteroatoms. The molecule has 1 fully saturated rings. The van der Waals surface area contributed by atoms with Crippen molar-refractivity contribution in [3.05, 3.63) is 35.4 Å². The van der Waals surface area contributed by atoms with E-state index in [0.29, 0.717) is 18.6 Å². The second kappa shape index (κ2) is 7.77. The zero-order valence-corrected chi connectivity index (χ0v) is 12.9. The Labute approximate surface area is 122 Å². The smallest absolute Gasteiger partial charge is 0.0865 e. The van der Waals surface area contributed by atoms with Crippen LogP contribution in [0.15, 0.2) is 24.3 Å². The molecule has 0 bridgehead atoms. The number of hydrogen-bond acceptors (Lipinski definition) is 3. The van der Waals surface area contributed by atoms with Crippen LogP contribution < -0.4 is 5.32 Å².